The van der Waals surface area contributed by atoms with E-state index in [1.54, 1.807) is 18.0 Å². The maximum absolute atomic E-state index is 13.7. The van der Waals surface area contributed by atoms with Gasteiger partial charge in [-0.2, -0.15) is 0 Å². The van der Waals surface area contributed by atoms with Crippen molar-refractivity contribution in [1.82, 2.24) is 9.97 Å². The zero-order chi connectivity index (χ0) is 22.4. The number of hydrogen-bond donors (Lipinski definition) is 1. The Kier molecular flexibility index (Phi) is 4.36. The van der Waals surface area contributed by atoms with Crippen LogP contribution in [0.1, 0.15) is 22.8 Å². The number of fused-ring (bicyclic) bond motifs is 9. The Bertz CT molecular complexity index is 1360. The summed E-state index contributed by atoms with van der Waals surface area (Å²) < 4.78 is 0.910. The van der Waals surface area contributed by atoms with E-state index in [1.165, 1.54) is 16.2 Å². The lowest BCUT2D eigenvalue weighted by atomic mass is 9.68. The van der Waals surface area contributed by atoms with Crippen LogP contribution in [0.3, 0.4) is 0 Å². The number of H-pyrrole nitrogens is 1. The summed E-state index contributed by atoms with van der Waals surface area (Å²) in [6, 6.07) is 11.4. The van der Waals surface area contributed by atoms with Crippen LogP contribution in [-0.4, -0.2) is 27.0 Å². The van der Waals surface area contributed by atoms with E-state index in [2.05, 4.69) is 32.0 Å². The monoisotopic (exact) mass is 539 g/mol. The third-order valence-corrected chi connectivity index (χ3v) is 11.0. The molecule has 4 heterocycles. The number of rotatable bonds is 2. The van der Waals surface area contributed by atoms with Crippen molar-refractivity contribution in [3.8, 4) is 0 Å². The summed E-state index contributed by atoms with van der Waals surface area (Å²) >= 11 is 6.40. The average molecular weight is 540 g/mol. The van der Waals surface area contributed by atoms with Gasteiger partial charge in [0.15, 0.2) is 0 Å². The molecule has 2 aliphatic heterocycles. The maximum Gasteiger partial charge on any atom is 0.305 e. The van der Waals surface area contributed by atoms with Gasteiger partial charge in [0, 0.05) is 32.9 Å². The van der Waals surface area contributed by atoms with E-state index in [1.807, 2.05) is 36.5 Å². The fourth-order valence-corrected chi connectivity index (χ4v) is 9.95. The third-order valence-electron chi connectivity index (χ3n) is 7.85. The van der Waals surface area contributed by atoms with Crippen LogP contribution < -0.4 is 9.77 Å². The molecule has 1 saturated heterocycles. The van der Waals surface area contributed by atoms with Crippen LogP contribution in [0.2, 0.25) is 0 Å². The second kappa shape index (κ2) is 7.13. The van der Waals surface area contributed by atoms with Crippen LogP contribution >= 0.6 is 39.0 Å². The smallest absolute Gasteiger partial charge is 0.305 e. The first-order chi connectivity index (χ1) is 16.0. The number of hydrogen-bond acceptors (Lipinski definition) is 6. The van der Waals surface area contributed by atoms with Crippen molar-refractivity contribution >= 4 is 56.5 Å². The van der Waals surface area contributed by atoms with Crippen LogP contribution in [0.25, 0.3) is 0 Å². The van der Waals surface area contributed by atoms with Crippen molar-refractivity contribution in [2.75, 3.05) is 4.90 Å². The Balaban J connectivity index is 1.33. The number of nitrogens with one attached hydrogen (secondary N) is 1. The second-order valence-electron chi connectivity index (χ2n) is 9.24. The van der Waals surface area contributed by atoms with Crippen molar-refractivity contribution < 1.29 is 9.59 Å². The van der Waals surface area contributed by atoms with Gasteiger partial charge in [0.2, 0.25) is 11.8 Å². The normalized spacial score (nSPS) is 33.8. The number of thioether (sulfide) groups is 1. The molecule has 0 radical (unpaired) electrons. The van der Waals surface area contributed by atoms with Gasteiger partial charge in [-0.1, -0.05) is 33.3 Å². The van der Waals surface area contributed by atoms with Gasteiger partial charge in [-0.15, -0.1) is 11.8 Å². The van der Waals surface area contributed by atoms with Gasteiger partial charge in [0.1, 0.15) is 0 Å². The minimum absolute atomic E-state index is 0.0180. The molecule has 2 amide bonds. The topological polar surface area (TPSA) is 83.1 Å². The van der Waals surface area contributed by atoms with E-state index in [0.29, 0.717) is 5.69 Å². The lowest BCUT2D eigenvalue weighted by Gasteiger charge is -2.42. The Morgan fingerprint density at radius 1 is 1.03 bits per heavy atom. The van der Waals surface area contributed by atoms with Gasteiger partial charge in [-0.05, 0) is 60.1 Å². The van der Waals surface area contributed by atoms with Crippen molar-refractivity contribution in [3.63, 3.8) is 0 Å². The van der Waals surface area contributed by atoms with Gasteiger partial charge in [-0.3, -0.25) is 24.3 Å². The molecule has 5 unspecified atom stereocenters. The number of nitrogens with zero attached hydrogens (tertiary/aromatic N) is 2. The van der Waals surface area contributed by atoms with Crippen LogP contribution in [-0.2, 0) is 9.59 Å². The number of aromatic amines is 1. The highest BCUT2D eigenvalue weighted by molar-refractivity contribution is 9.10. The number of carbonyl (C=O) groups excluding carboxylic acids is 2. The minimum atomic E-state index is -0.288. The van der Waals surface area contributed by atoms with Gasteiger partial charge in [0.05, 0.1) is 22.5 Å². The van der Waals surface area contributed by atoms with Crippen molar-refractivity contribution in [2.24, 2.45) is 29.6 Å². The van der Waals surface area contributed by atoms with Crippen LogP contribution in [0.4, 0.5) is 5.69 Å². The number of aromatic nitrogens is 2. The number of pyridine rings is 1. The Morgan fingerprint density at radius 2 is 1.79 bits per heavy atom. The summed E-state index contributed by atoms with van der Waals surface area (Å²) in [6.07, 6.45) is 4.52. The predicted molar refractivity (Wildman–Crippen MR) is 129 cm³/mol. The molecule has 2 saturated carbocycles. The van der Waals surface area contributed by atoms with Crippen molar-refractivity contribution in [3.05, 3.63) is 73.4 Å². The number of halogens is 1. The predicted octanol–water partition coefficient (Wildman–Crippen LogP) is 4.27. The van der Waals surface area contributed by atoms with E-state index < -0.39 is 0 Å². The van der Waals surface area contributed by atoms with Gasteiger partial charge < -0.3 is 4.98 Å². The lowest BCUT2D eigenvalue weighted by Crippen LogP contribution is -2.42. The minimum Gasteiger partial charge on any atom is -0.307 e. The zero-order valence-electron chi connectivity index (χ0n) is 17.2. The molecule has 1 aromatic carbocycles. The molecule has 7 rings (SSSR count). The molecule has 166 valence electrons. The van der Waals surface area contributed by atoms with E-state index >= 15 is 0 Å². The molecule has 4 aliphatic rings. The quantitative estimate of drug-likeness (QED) is 0.491. The van der Waals surface area contributed by atoms with Crippen LogP contribution in [0.15, 0.2) is 63.1 Å². The number of anilines is 1. The standard InChI is InChI=1S/C24H18BrN3O3S2/c25-11-3-5-12(6-4-11)28-22(29)17-13-8-14(18(17)23(28)30)19-16(13)15(10-2-1-7-26-9-10)20-21(32-19)27-24(31)33-20/h1-7,9,13-19H,8H2,(H,27,31)/t13-,14-,15?,16?,17?,18?,19?/m1/s1. The fourth-order valence-electron chi connectivity index (χ4n) is 6.79. The highest BCUT2D eigenvalue weighted by Crippen LogP contribution is 2.68. The van der Waals surface area contributed by atoms with E-state index in [4.69, 9.17) is 0 Å². The first-order valence-electron chi connectivity index (χ1n) is 11.0. The molecule has 2 aromatic heterocycles. The number of imide groups is 1. The Morgan fingerprint density at radius 3 is 2.52 bits per heavy atom. The van der Waals surface area contributed by atoms with Crippen molar-refractivity contribution in [2.45, 2.75) is 22.6 Å². The van der Waals surface area contributed by atoms with Crippen molar-refractivity contribution in [1.29, 1.82) is 0 Å². The zero-order valence-corrected chi connectivity index (χ0v) is 20.4. The molecule has 3 aromatic rings. The molecular formula is C24H18BrN3O3S2. The number of thiazole rings is 1. The van der Waals surface area contributed by atoms with E-state index in [0.717, 1.165) is 26.4 Å². The summed E-state index contributed by atoms with van der Waals surface area (Å²) in [5, 5.41) is 1.12. The van der Waals surface area contributed by atoms with Gasteiger partial charge in [0.25, 0.3) is 0 Å². The summed E-state index contributed by atoms with van der Waals surface area (Å²) in [4.78, 5) is 49.3. The second-order valence-corrected chi connectivity index (χ2v) is 12.4. The largest absolute Gasteiger partial charge is 0.307 e. The number of benzene rings is 1. The van der Waals surface area contributed by atoms with Crippen LogP contribution in [0.5, 0.6) is 0 Å². The van der Waals surface area contributed by atoms with E-state index in [-0.39, 0.29) is 57.4 Å². The molecule has 1 N–H and O–H groups in total. The SMILES string of the molecule is O=C1C2C(C(=O)N1c1ccc(Br)cc1)[C@@H]1C[C@H]2C2Sc3[nH]c(=O)sc3C(c3cccnc3)C21. The first kappa shape index (κ1) is 20.2. The van der Waals surface area contributed by atoms with Crippen LogP contribution in [0, 0.1) is 29.6 Å². The fraction of sp³-hybridized carbons (Fsp3) is 0.333. The molecule has 0 spiro atoms. The molecule has 2 aliphatic carbocycles. The number of amides is 2. The van der Waals surface area contributed by atoms with Gasteiger partial charge >= 0.3 is 4.87 Å². The van der Waals surface area contributed by atoms with Gasteiger partial charge in [-0.25, -0.2) is 0 Å². The highest BCUT2D eigenvalue weighted by Gasteiger charge is 2.69. The molecule has 9 heteroatoms. The summed E-state index contributed by atoms with van der Waals surface area (Å²) in [5.41, 5.74) is 1.72. The molecule has 33 heavy (non-hydrogen) atoms. The average Bonchev–Trinajstić information content (AvgIpc) is 3.54. The molecule has 2 bridgehead atoms. The van der Waals surface area contributed by atoms with E-state index in [9.17, 15) is 14.4 Å². The first-order valence-corrected chi connectivity index (χ1v) is 13.4. The maximum atomic E-state index is 13.7. The summed E-state index contributed by atoms with van der Waals surface area (Å²) in [5.74, 6) is -0.239. The highest BCUT2D eigenvalue weighted by atomic mass is 79.9. The Labute approximate surface area is 205 Å². The Hall–Kier alpha value is -2.23. The molecule has 7 atom stereocenters. The lowest BCUT2D eigenvalue weighted by molar-refractivity contribution is -0.123. The molecule has 3 fully saturated rings. The molecular weight excluding hydrogens is 522 g/mol. The molecule has 6 nitrogen and oxygen atoms in total. The number of carbonyl (C=O) groups is 2. The third kappa shape index (κ3) is 2.73. The summed E-state index contributed by atoms with van der Waals surface area (Å²) in [7, 11) is 0. The summed E-state index contributed by atoms with van der Waals surface area (Å²) in [6.45, 7) is 0.